The Balaban J connectivity index is 1.42. The first kappa shape index (κ1) is 27.2. The summed E-state index contributed by atoms with van der Waals surface area (Å²) in [5, 5.41) is 5.89. The molecule has 4 heterocycles. The van der Waals surface area contributed by atoms with Gasteiger partial charge in [0, 0.05) is 63.1 Å². The first-order chi connectivity index (χ1) is 19.0. The van der Waals surface area contributed by atoms with Gasteiger partial charge in [-0.2, -0.15) is 0 Å². The molecule has 0 aliphatic carbocycles. The van der Waals surface area contributed by atoms with Crippen molar-refractivity contribution in [1.82, 2.24) is 25.0 Å². The van der Waals surface area contributed by atoms with Crippen LogP contribution in [0.1, 0.15) is 29.1 Å². The number of carbonyl (C=O) groups is 2. The largest absolute Gasteiger partial charge is 0.463 e. The number of benzene rings is 1. The standard InChI is InChI=1S/C27H33FN6O4S/c1-3-38-26(35)22-21(17-32-8-10-33(11-9-32)27(36)34-12-14-37-15-13-34)30-24(25-29-7-16-39-25)31-23(22)19-5-4-6-20(28)18(19)2/h4-7,16,23H,3,8-15,17H2,1-2H3,(H,30,31)/t23-/m0/s1. The van der Waals surface area contributed by atoms with Gasteiger partial charge in [0.2, 0.25) is 0 Å². The van der Waals surface area contributed by atoms with Gasteiger partial charge in [-0.1, -0.05) is 12.1 Å². The van der Waals surface area contributed by atoms with Crippen LogP contribution >= 0.6 is 11.3 Å². The fraction of sp³-hybridized carbons (Fsp3) is 0.481. The minimum absolute atomic E-state index is 0.0417. The molecule has 2 amide bonds. The summed E-state index contributed by atoms with van der Waals surface area (Å²) in [5.41, 5.74) is 2.04. The monoisotopic (exact) mass is 556 g/mol. The second-order valence-electron chi connectivity index (χ2n) is 9.55. The van der Waals surface area contributed by atoms with E-state index in [1.165, 1.54) is 17.4 Å². The van der Waals surface area contributed by atoms with E-state index >= 15 is 0 Å². The van der Waals surface area contributed by atoms with Gasteiger partial charge in [0.15, 0.2) is 10.8 Å². The van der Waals surface area contributed by atoms with E-state index in [4.69, 9.17) is 14.5 Å². The Bertz CT molecular complexity index is 1250. The molecule has 10 nitrogen and oxygen atoms in total. The van der Waals surface area contributed by atoms with Crippen molar-refractivity contribution in [2.24, 2.45) is 4.99 Å². The van der Waals surface area contributed by atoms with Gasteiger partial charge < -0.3 is 24.6 Å². The lowest BCUT2D eigenvalue weighted by atomic mass is 9.92. The molecule has 39 heavy (non-hydrogen) atoms. The van der Waals surface area contributed by atoms with E-state index < -0.39 is 12.0 Å². The number of aliphatic imine (C=N–C) groups is 1. The van der Waals surface area contributed by atoms with Crippen LogP contribution in [-0.4, -0.2) is 103 Å². The number of nitrogens with zero attached hydrogens (tertiary/aromatic N) is 5. The van der Waals surface area contributed by atoms with Gasteiger partial charge in [0.05, 0.1) is 25.4 Å². The lowest BCUT2D eigenvalue weighted by Gasteiger charge is -2.39. The Kier molecular flexibility index (Phi) is 8.53. The van der Waals surface area contributed by atoms with E-state index in [0.29, 0.717) is 92.3 Å². The minimum Gasteiger partial charge on any atom is -0.463 e. The number of amidine groups is 1. The molecule has 12 heteroatoms. The van der Waals surface area contributed by atoms with Crippen molar-refractivity contribution in [3.63, 3.8) is 0 Å². The SMILES string of the molecule is CCOC(=O)C1=C(CN2CCN(C(=O)N3CCOCC3)CC2)NC(c2nccs2)=N[C@H]1c1cccc(F)c1C. The van der Waals surface area contributed by atoms with Crippen molar-refractivity contribution in [1.29, 1.82) is 0 Å². The van der Waals surface area contributed by atoms with Crippen LogP contribution in [0.5, 0.6) is 0 Å². The number of carbonyl (C=O) groups excluding carboxylic acids is 2. The summed E-state index contributed by atoms with van der Waals surface area (Å²) in [7, 11) is 0. The number of urea groups is 1. The van der Waals surface area contributed by atoms with Crippen LogP contribution in [0.2, 0.25) is 0 Å². The summed E-state index contributed by atoms with van der Waals surface area (Å²) in [5.74, 6) is -0.317. The number of amides is 2. The van der Waals surface area contributed by atoms with Crippen molar-refractivity contribution in [3.05, 3.63) is 63.0 Å². The third-order valence-corrected chi connectivity index (χ3v) is 7.95. The number of aromatic nitrogens is 1. The molecule has 2 saturated heterocycles. The maximum Gasteiger partial charge on any atom is 0.338 e. The van der Waals surface area contributed by atoms with Crippen molar-refractivity contribution >= 4 is 29.2 Å². The van der Waals surface area contributed by atoms with Crippen LogP contribution in [-0.2, 0) is 14.3 Å². The molecule has 5 rings (SSSR count). The molecule has 3 aliphatic rings. The molecular formula is C27H33FN6O4S. The Hall–Kier alpha value is -3.35. The Morgan fingerprint density at radius 3 is 2.59 bits per heavy atom. The zero-order valence-electron chi connectivity index (χ0n) is 22.2. The van der Waals surface area contributed by atoms with Gasteiger partial charge in [-0.3, -0.25) is 9.89 Å². The van der Waals surface area contributed by atoms with Gasteiger partial charge in [-0.15, -0.1) is 11.3 Å². The number of hydrogen-bond acceptors (Lipinski definition) is 9. The highest BCUT2D eigenvalue weighted by Gasteiger charge is 2.35. The highest BCUT2D eigenvalue weighted by Crippen LogP contribution is 2.35. The number of hydrogen-bond donors (Lipinski definition) is 1. The van der Waals surface area contributed by atoms with Crippen molar-refractivity contribution in [3.8, 4) is 0 Å². The summed E-state index contributed by atoms with van der Waals surface area (Å²) < 4.78 is 25.5. The normalized spacial score (nSPS) is 20.5. The molecule has 1 aromatic carbocycles. The van der Waals surface area contributed by atoms with Gasteiger partial charge in [-0.25, -0.2) is 19.0 Å². The third-order valence-electron chi connectivity index (χ3n) is 7.17. The smallest absolute Gasteiger partial charge is 0.338 e. The van der Waals surface area contributed by atoms with E-state index in [-0.39, 0.29) is 18.5 Å². The van der Waals surface area contributed by atoms with Crippen LogP contribution in [0.3, 0.4) is 0 Å². The highest BCUT2D eigenvalue weighted by molar-refractivity contribution is 7.11. The number of piperazine rings is 1. The average molecular weight is 557 g/mol. The Morgan fingerprint density at radius 1 is 1.15 bits per heavy atom. The predicted octanol–water partition coefficient (Wildman–Crippen LogP) is 2.57. The fourth-order valence-corrected chi connectivity index (χ4v) is 5.63. The number of nitrogens with one attached hydrogen (secondary N) is 1. The lowest BCUT2D eigenvalue weighted by molar-refractivity contribution is -0.139. The highest BCUT2D eigenvalue weighted by atomic mass is 32.1. The van der Waals surface area contributed by atoms with E-state index in [1.54, 1.807) is 32.2 Å². The number of ether oxygens (including phenoxy) is 2. The van der Waals surface area contributed by atoms with Crippen molar-refractivity contribution in [2.75, 3.05) is 65.6 Å². The summed E-state index contributed by atoms with van der Waals surface area (Å²) in [4.78, 5) is 41.5. The van der Waals surface area contributed by atoms with Gasteiger partial charge >= 0.3 is 12.0 Å². The number of esters is 1. The van der Waals surface area contributed by atoms with Crippen LogP contribution < -0.4 is 5.32 Å². The molecule has 1 atom stereocenters. The quantitative estimate of drug-likeness (QED) is 0.546. The molecule has 2 aromatic rings. The third kappa shape index (κ3) is 5.97. The topological polar surface area (TPSA) is 99.6 Å². The van der Waals surface area contributed by atoms with Crippen LogP contribution in [0, 0.1) is 12.7 Å². The Morgan fingerprint density at radius 2 is 1.90 bits per heavy atom. The first-order valence-corrected chi connectivity index (χ1v) is 14.1. The van der Waals surface area contributed by atoms with Gasteiger partial charge in [0.1, 0.15) is 11.9 Å². The van der Waals surface area contributed by atoms with Crippen LogP contribution in [0.4, 0.5) is 9.18 Å². The van der Waals surface area contributed by atoms with E-state index in [1.807, 2.05) is 15.2 Å². The molecule has 0 radical (unpaired) electrons. The Labute approximate surface area is 231 Å². The molecule has 3 aliphatic heterocycles. The molecule has 0 unspecified atom stereocenters. The summed E-state index contributed by atoms with van der Waals surface area (Å²) in [6, 6.07) is 4.12. The number of morpholine rings is 1. The number of halogens is 1. The fourth-order valence-electron chi connectivity index (χ4n) is 5.04. The van der Waals surface area contributed by atoms with Crippen LogP contribution in [0.25, 0.3) is 0 Å². The van der Waals surface area contributed by atoms with Crippen LogP contribution in [0.15, 0.2) is 46.0 Å². The molecule has 208 valence electrons. The van der Waals surface area contributed by atoms with Gasteiger partial charge in [0.25, 0.3) is 0 Å². The minimum atomic E-state index is -0.751. The van der Waals surface area contributed by atoms with E-state index in [9.17, 15) is 14.0 Å². The first-order valence-electron chi connectivity index (χ1n) is 13.2. The lowest BCUT2D eigenvalue weighted by Crippen LogP contribution is -2.55. The second kappa shape index (κ2) is 12.2. The van der Waals surface area contributed by atoms with Crippen molar-refractivity contribution in [2.45, 2.75) is 19.9 Å². The molecule has 0 bridgehead atoms. The predicted molar refractivity (Wildman–Crippen MR) is 145 cm³/mol. The maximum atomic E-state index is 14.6. The summed E-state index contributed by atoms with van der Waals surface area (Å²) in [6.45, 7) is 8.87. The second-order valence-corrected chi connectivity index (χ2v) is 10.4. The molecule has 0 spiro atoms. The van der Waals surface area contributed by atoms with E-state index in [0.717, 1.165) is 0 Å². The number of thiazole rings is 1. The zero-order valence-corrected chi connectivity index (χ0v) is 23.0. The molecule has 1 N–H and O–H groups in total. The molecule has 1 aromatic heterocycles. The molecule has 2 fully saturated rings. The van der Waals surface area contributed by atoms with Crippen molar-refractivity contribution < 1.29 is 23.5 Å². The van der Waals surface area contributed by atoms with Gasteiger partial charge in [-0.05, 0) is 31.0 Å². The molecule has 0 saturated carbocycles. The molecular weight excluding hydrogens is 523 g/mol. The summed E-state index contributed by atoms with van der Waals surface area (Å²) in [6.07, 6.45) is 1.70. The average Bonchev–Trinajstić information content (AvgIpc) is 3.50. The van der Waals surface area contributed by atoms with E-state index in [2.05, 4.69) is 15.2 Å². The number of rotatable bonds is 6. The summed E-state index contributed by atoms with van der Waals surface area (Å²) >= 11 is 1.43. The zero-order chi connectivity index (χ0) is 27.4. The maximum absolute atomic E-state index is 14.6.